The number of halogens is 1. The van der Waals surface area contributed by atoms with Gasteiger partial charge in [-0.1, -0.05) is 23.7 Å². The van der Waals surface area contributed by atoms with Gasteiger partial charge in [0.05, 0.1) is 12.2 Å². The van der Waals surface area contributed by atoms with E-state index in [-0.39, 0.29) is 12.5 Å². The summed E-state index contributed by atoms with van der Waals surface area (Å²) in [6.45, 7) is 3.16. The molecule has 0 saturated carbocycles. The third kappa shape index (κ3) is 2.48. The lowest BCUT2D eigenvalue weighted by atomic mass is 10.0. The van der Waals surface area contributed by atoms with E-state index in [9.17, 15) is 9.59 Å². The van der Waals surface area contributed by atoms with E-state index in [0.29, 0.717) is 34.9 Å². The monoisotopic (exact) mass is 318 g/mol. The highest BCUT2D eigenvalue weighted by atomic mass is 35.5. The summed E-state index contributed by atoms with van der Waals surface area (Å²) in [5.41, 5.74) is 2.17. The molecule has 2 aromatic rings. The molecule has 1 aromatic carbocycles. The SMILES string of the molecule is CCOC(=O)c1c(-c2ccc(Cl)cc2)cn2c1C(=O)NCC2. The van der Waals surface area contributed by atoms with Crippen molar-refractivity contribution in [3.05, 3.63) is 46.7 Å². The lowest BCUT2D eigenvalue weighted by Gasteiger charge is -2.16. The first-order valence-corrected chi connectivity index (χ1v) is 7.44. The van der Waals surface area contributed by atoms with E-state index >= 15 is 0 Å². The van der Waals surface area contributed by atoms with E-state index in [4.69, 9.17) is 16.3 Å². The Balaban J connectivity index is 2.18. The first kappa shape index (κ1) is 14.7. The molecule has 0 unspecified atom stereocenters. The smallest absolute Gasteiger partial charge is 0.341 e. The van der Waals surface area contributed by atoms with E-state index < -0.39 is 5.97 Å². The van der Waals surface area contributed by atoms with Gasteiger partial charge in [0.15, 0.2) is 0 Å². The van der Waals surface area contributed by atoms with Crippen LogP contribution in [0.4, 0.5) is 0 Å². The highest BCUT2D eigenvalue weighted by Gasteiger charge is 2.30. The highest BCUT2D eigenvalue weighted by molar-refractivity contribution is 6.30. The Hall–Kier alpha value is -2.27. The van der Waals surface area contributed by atoms with Gasteiger partial charge < -0.3 is 14.6 Å². The Morgan fingerprint density at radius 2 is 2.09 bits per heavy atom. The fraction of sp³-hybridized carbons (Fsp3) is 0.250. The van der Waals surface area contributed by atoms with Crippen LogP contribution in [-0.2, 0) is 11.3 Å². The minimum absolute atomic E-state index is 0.255. The highest BCUT2D eigenvalue weighted by Crippen LogP contribution is 2.31. The lowest BCUT2D eigenvalue weighted by molar-refractivity contribution is 0.0522. The summed E-state index contributed by atoms with van der Waals surface area (Å²) < 4.78 is 6.93. The molecule has 1 amide bonds. The zero-order valence-corrected chi connectivity index (χ0v) is 12.8. The van der Waals surface area contributed by atoms with Crippen molar-refractivity contribution in [2.75, 3.05) is 13.2 Å². The number of amides is 1. The molecule has 2 heterocycles. The van der Waals surface area contributed by atoms with Crippen LogP contribution < -0.4 is 5.32 Å². The van der Waals surface area contributed by atoms with Crippen LogP contribution in [0.15, 0.2) is 30.5 Å². The Kier molecular flexibility index (Phi) is 3.90. The summed E-state index contributed by atoms with van der Waals surface area (Å²) in [4.78, 5) is 24.5. The Labute approximate surface area is 132 Å². The van der Waals surface area contributed by atoms with Crippen molar-refractivity contribution < 1.29 is 14.3 Å². The fourth-order valence-electron chi connectivity index (χ4n) is 2.61. The summed E-state index contributed by atoms with van der Waals surface area (Å²) in [7, 11) is 0. The molecular weight excluding hydrogens is 304 g/mol. The average molecular weight is 319 g/mol. The number of carbonyl (C=O) groups excluding carboxylic acids is 2. The molecule has 0 spiro atoms. The van der Waals surface area contributed by atoms with Gasteiger partial charge in [-0.3, -0.25) is 4.79 Å². The fourth-order valence-corrected chi connectivity index (χ4v) is 2.73. The van der Waals surface area contributed by atoms with Crippen LogP contribution in [0, 0.1) is 0 Å². The molecule has 1 aliphatic heterocycles. The van der Waals surface area contributed by atoms with Crippen molar-refractivity contribution in [1.29, 1.82) is 0 Å². The molecule has 5 nitrogen and oxygen atoms in total. The quantitative estimate of drug-likeness (QED) is 0.885. The zero-order chi connectivity index (χ0) is 15.7. The molecule has 0 radical (unpaired) electrons. The van der Waals surface area contributed by atoms with Gasteiger partial charge in [-0.05, 0) is 24.6 Å². The second-order valence-corrected chi connectivity index (χ2v) is 5.38. The molecular formula is C16H15ClN2O3. The van der Waals surface area contributed by atoms with E-state index in [2.05, 4.69) is 5.32 Å². The molecule has 0 aliphatic carbocycles. The zero-order valence-electron chi connectivity index (χ0n) is 12.1. The number of ether oxygens (including phenoxy) is 1. The normalized spacial score (nSPS) is 13.5. The van der Waals surface area contributed by atoms with E-state index in [1.807, 2.05) is 18.3 Å². The molecule has 0 bridgehead atoms. The molecule has 6 heteroatoms. The topological polar surface area (TPSA) is 60.3 Å². The van der Waals surface area contributed by atoms with Gasteiger partial charge >= 0.3 is 5.97 Å². The van der Waals surface area contributed by atoms with Crippen molar-refractivity contribution in [3.8, 4) is 11.1 Å². The minimum Gasteiger partial charge on any atom is -0.462 e. The standard InChI is InChI=1S/C16H15ClN2O3/c1-2-22-16(21)13-12(10-3-5-11(17)6-4-10)9-19-8-7-18-15(20)14(13)19/h3-6,9H,2,7-8H2,1H3,(H,18,20). The number of hydrogen-bond acceptors (Lipinski definition) is 3. The largest absolute Gasteiger partial charge is 0.462 e. The first-order chi connectivity index (χ1) is 10.6. The van der Waals surface area contributed by atoms with Gasteiger partial charge in [0.25, 0.3) is 5.91 Å². The molecule has 0 saturated heterocycles. The van der Waals surface area contributed by atoms with Crippen LogP contribution in [0.2, 0.25) is 5.02 Å². The minimum atomic E-state index is -0.488. The van der Waals surface area contributed by atoms with Crippen LogP contribution in [0.5, 0.6) is 0 Å². The van der Waals surface area contributed by atoms with Crippen LogP contribution >= 0.6 is 11.6 Å². The molecule has 1 aromatic heterocycles. The summed E-state index contributed by atoms with van der Waals surface area (Å²) in [5.74, 6) is -0.743. The Morgan fingerprint density at radius 1 is 1.36 bits per heavy atom. The summed E-state index contributed by atoms with van der Waals surface area (Å²) in [6.07, 6.45) is 1.82. The number of benzene rings is 1. The molecule has 114 valence electrons. The lowest BCUT2D eigenvalue weighted by Crippen LogP contribution is -2.36. The van der Waals surface area contributed by atoms with Gasteiger partial charge in [-0.15, -0.1) is 0 Å². The molecule has 0 fully saturated rings. The number of hydrogen-bond donors (Lipinski definition) is 1. The molecule has 3 rings (SSSR count). The molecule has 22 heavy (non-hydrogen) atoms. The van der Waals surface area contributed by atoms with Gasteiger partial charge in [-0.2, -0.15) is 0 Å². The maximum Gasteiger partial charge on any atom is 0.341 e. The average Bonchev–Trinajstić information content (AvgIpc) is 2.89. The van der Waals surface area contributed by atoms with Crippen molar-refractivity contribution in [3.63, 3.8) is 0 Å². The second kappa shape index (κ2) is 5.85. The number of rotatable bonds is 3. The van der Waals surface area contributed by atoms with Crippen LogP contribution in [0.3, 0.4) is 0 Å². The first-order valence-electron chi connectivity index (χ1n) is 7.06. The third-order valence-electron chi connectivity index (χ3n) is 3.57. The summed E-state index contributed by atoms with van der Waals surface area (Å²) in [6, 6.07) is 7.15. The van der Waals surface area contributed by atoms with Gasteiger partial charge in [0.2, 0.25) is 0 Å². The van der Waals surface area contributed by atoms with Crippen LogP contribution in [0.1, 0.15) is 27.8 Å². The van der Waals surface area contributed by atoms with Crippen LogP contribution in [0.25, 0.3) is 11.1 Å². The van der Waals surface area contributed by atoms with Crippen molar-refractivity contribution in [1.82, 2.24) is 9.88 Å². The number of aromatic nitrogens is 1. The predicted octanol–water partition coefficient (Wildman–Crippen LogP) is 2.73. The maximum absolute atomic E-state index is 12.3. The number of nitrogens with one attached hydrogen (secondary N) is 1. The number of carbonyl (C=O) groups is 2. The molecule has 1 aliphatic rings. The maximum atomic E-state index is 12.3. The van der Waals surface area contributed by atoms with Crippen molar-refractivity contribution in [2.45, 2.75) is 13.5 Å². The van der Waals surface area contributed by atoms with Crippen molar-refractivity contribution >= 4 is 23.5 Å². The Bertz CT molecular complexity index is 735. The second-order valence-electron chi connectivity index (χ2n) is 4.94. The summed E-state index contributed by atoms with van der Waals surface area (Å²) in [5, 5.41) is 3.37. The number of nitrogens with zero attached hydrogens (tertiary/aromatic N) is 1. The van der Waals surface area contributed by atoms with Crippen LogP contribution in [-0.4, -0.2) is 29.6 Å². The van der Waals surface area contributed by atoms with Gasteiger partial charge in [0, 0.05) is 29.9 Å². The summed E-state index contributed by atoms with van der Waals surface area (Å²) >= 11 is 5.91. The van der Waals surface area contributed by atoms with Gasteiger partial charge in [-0.25, -0.2) is 4.79 Å². The molecule has 0 atom stereocenters. The Morgan fingerprint density at radius 3 is 2.77 bits per heavy atom. The van der Waals surface area contributed by atoms with Crippen molar-refractivity contribution in [2.24, 2.45) is 0 Å². The van der Waals surface area contributed by atoms with E-state index in [1.165, 1.54) is 0 Å². The van der Waals surface area contributed by atoms with Gasteiger partial charge in [0.1, 0.15) is 5.69 Å². The van der Waals surface area contributed by atoms with E-state index in [1.54, 1.807) is 23.6 Å². The predicted molar refractivity (Wildman–Crippen MR) is 83.2 cm³/mol. The third-order valence-corrected chi connectivity index (χ3v) is 3.82. The molecule has 1 N–H and O–H groups in total. The van der Waals surface area contributed by atoms with E-state index in [0.717, 1.165) is 5.56 Å². The number of esters is 1. The number of fused-ring (bicyclic) bond motifs is 1.